The van der Waals surface area contributed by atoms with E-state index in [-0.39, 0.29) is 5.29 Å². The minimum atomic E-state index is -2.94. The van der Waals surface area contributed by atoms with Gasteiger partial charge in [-0.15, -0.1) is 0 Å². The van der Waals surface area contributed by atoms with Gasteiger partial charge in [-0.05, 0) is 50.1 Å². The summed E-state index contributed by atoms with van der Waals surface area (Å²) >= 11 is 37.5. The maximum absolute atomic E-state index is 5.38. The van der Waals surface area contributed by atoms with Crippen LogP contribution in [0.2, 0.25) is 0 Å². The van der Waals surface area contributed by atoms with Gasteiger partial charge in [0.25, 0.3) is 5.29 Å². The largest absolute Gasteiger partial charge is 0.424 e. The van der Waals surface area contributed by atoms with Gasteiger partial charge < -0.3 is 0 Å². The van der Waals surface area contributed by atoms with Crippen LogP contribution in [-0.2, 0) is 0 Å². The molecule has 0 saturated heterocycles. The number of hydrogen-bond acceptors (Lipinski definition) is 1. The summed E-state index contributed by atoms with van der Waals surface area (Å²) in [7, 11) is 0. The number of hydrogen-bond donors (Lipinski definition) is 0. The van der Waals surface area contributed by atoms with Crippen molar-refractivity contribution in [2.24, 2.45) is 9.51 Å². The summed E-state index contributed by atoms with van der Waals surface area (Å²) in [4.78, 5) is 0. The lowest BCUT2D eigenvalue weighted by atomic mass is 11.4. The van der Waals surface area contributed by atoms with Gasteiger partial charge in [-0.25, -0.2) is 0 Å². The van der Waals surface area contributed by atoms with Crippen LogP contribution in [0.25, 0.3) is 0 Å². The Morgan fingerprint density at radius 2 is 1.50 bits per heavy atom. The van der Waals surface area contributed by atoms with Gasteiger partial charge >= 0.3 is 5.47 Å². The SMILES string of the molecule is Cl/C(N=P(Cl)(Cl)Cl)=N/[P+](Cl)(Cl)Cl. The van der Waals surface area contributed by atoms with Gasteiger partial charge in [0.1, 0.15) is 0 Å². The number of halogens is 7. The lowest BCUT2D eigenvalue weighted by Gasteiger charge is -1.94. The molecule has 0 saturated carbocycles. The summed E-state index contributed by atoms with van der Waals surface area (Å²) in [6.45, 7) is 0. The zero-order valence-corrected chi connectivity index (χ0v) is 12.0. The second-order valence-corrected chi connectivity index (χ2v) is 15.6. The molecule has 0 aliphatic carbocycles. The summed E-state index contributed by atoms with van der Waals surface area (Å²) < 4.78 is 6.78. The van der Waals surface area contributed by atoms with Crippen molar-refractivity contribution >= 4 is 94.9 Å². The van der Waals surface area contributed by atoms with Gasteiger partial charge in [0.15, 0.2) is 33.7 Å². The molecule has 0 aromatic heterocycles. The van der Waals surface area contributed by atoms with Crippen molar-refractivity contribution in [3.63, 3.8) is 0 Å². The molecule has 11 heteroatoms. The van der Waals surface area contributed by atoms with Crippen molar-refractivity contribution in [3.05, 3.63) is 0 Å². The molecule has 0 bridgehead atoms. The van der Waals surface area contributed by atoms with E-state index in [1.54, 1.807) is 0 Å². The zero-order valence-electron chi connectivity index (χ0n) is 4.93. The molecule has 0 heterocycles. The fourth-order valence-electron chi connectivity index (χ4n) is 0.207. The van der Waals surface area contributed by atoms with Gasteiger partial charge in [0.2, 0.25) is 5.11 Å². The van der Waals surface area contributed by atoms with E-state index in [2.05, 4.69) is 9.51 Å². The van der Waals surface area contributed by atoms with Gasteiger partial charge in [-0.2, -0.15) is 4.74 Å². The maximum atomic E-state index is 5.38. The predicted molar refractivity (Wildman–Crippen MR) is 64.7 cm³/mol. The Balaban J connectivity index is 4.65. The molecule has 0 atom stereocenters. The molecular formula is CCl7N2P2+. The lowest BCUT2D eigenvalue weighted by molar-refractivity contribution is 1.77. The minimum Gasteiger partial charge on any atom is -0.189 e. The minimum absolute atomic E-state index is 0.336. The van der Waals surface area contributed by atoms with Crippen molar-refractivity contribution in [3.8, 4) is 0 Å². The smallest absolute Gasteiger partial charge is 0.189 e. The van der Waals surface area contributed by atoms with E-state index in [1.165, 1.54) is 0 Å². The Bertz CT molecular complexity index is 226. The Hall–Kier alpha value is 2.36. The molecule has 0 spiro atoms. The third kappa shape index (κ3) is 10.4. The van der Waals surface area contributed by atoms with Gasteiger partial charge in [0.05, 0.1) is 0 Å². The van der Waals surface area contributed by atoms with Crippen molar-refractivity contribution in [1.29, 1.82) is 0 Å². The van der Waals surface area contributed by atoms with Crippen molar-refractivity contribution in [2.45, 2.75) is 0 Å². The van der Waals surface area contributed by atoms with Crippen LogP contribution in [0.15, 0.2) is 9.51 Å². The van der Waals surface area contributed by atoms with Crippen LogP contribution in [-0.4, -0.2) is 5.29 Å². The Morgan fingerprint density at radius 3 is 1.75 bits per heavy atom. The summed E-state index contributed by atoms with van der Waals surface area (Å²) in [5, 5.41) is -3.27. The topological polar surface area (TPSA) is 24.7 Å². The van der Waals surface area contributed by atoms with Gasteiger partial charge in [-0.3, -0.25) is 0 Å². The molecule has 0 aromatic carbocycles. The van der Waals surface area contributed by atoms with E-state index in [0.29, 0.717) is 0 Å². The Labute approximate surface area is 104 Å². The zero-order chi connectivity index (χ0) is 9.99. The van der Waals surface area contributed by atoms with Crippen molar-refractivity contribution in [2.75, 3.05) is 0 Å². The third-order valence-corrected chi connectivity index (χ3v) is 2.99. The Morgan fingerprint density at radius 1 is 1.08 bits per heavy atom. The number of amidine groups is 1. The molecule has 0 rings (SSSR count). The molecule has 0 aliphatic heterocycles. The highest BCUT2D eigenvalue weighted by Gasteiger charge is 2.33. The molecule has 0 aliphatic rings. The second-order valence-electron chi connectivity index (χ2n) is 1.31. The van der Waals surface area contributed by atoms with Crippen molar-refractivity contribution < 1.29 is 0 Å². The van der Waals surface area contributed by atoms with Crippen LogP contribution in [0.3, 0.4) is 0 Å². The van der Waals surface area contributed by atoms with Crippen molar-refractivity contribution in [1.82, 2.24) is 0 Å². The fourth-order valence-corrected chi connectivity index (χ4v) is 3.41. The molecule has 0 aromatic rings. The van der Waals surface area contributed by atoms with E-state index in [0.717, 1.165) is 0 Å². The van der Waals surface area contributed by atoms with E-state index in [1.807, 2.05) is 0 Å². The average Bonchev–Trinajstić information content (AvgIpc) is 1.49. The molecule has 0 unspecified atom stereocenters. The Kier molecular flexibility index (Phi) is 6.52. The quantitative estimate of drug-likeness (QED) is 0.219. The second kappa shape index (κ2) is 5.45. The van der Waals surface area contributed by atoms with E-state index < -0.39 is 10.6 Å². The summed E-state index contributed by atoms with van der Waals surface area (Å²) in [5.74, 6) is 0. The number of rotatable bonds is 1. The molecular weight excluding hydrogens is 350 g/mol. The predicted octanol–water partition coefficient (Wildman–Crippen LogP) is 6.64. The van der Waals surface area contributed by atoms with Gasteiger partial charge in [-0.1, -0.05) is 0 Å². The first-order valence-electron chi connectivity index (χ1n) is 2.05. The first-order chi connectivity index (χ1) is 5.10. The molecule has 0 N–H and O–H groups in total. The summed E-state index contributed by atoms with van der Waals surface area (Å²) in [6.07, 6.45) is 0. The monoisotopic (exact) mass is 347 g/mol. The molecule has 72 valence electrons. The molecule has 2 nitrogen and oxygen atoms in total. The van der Waals surface area contributed by atoms with Gasteiger partial charge in [0, 0.05) is 0 Å². The van der Waals surface area contributed by atoms with E-state index in [9.17, 15) is 0 Å². The van der Waals surface area contributed by atoms with E-state index in [4.69, 9.17) is 79.0 Å². The van der Waals surface area contributed by atoms with Crippen LogP contribution < -0.4 is 0 Å². The number of nitrogens with zero attached hydrogens (tertiary/aromatic N) is 2. The molecule has 0 fully saturated rings. The molecule has 12 heavy (non-hydrogen) atoms. The first-order valence-corrected chi connectivity index (χ1v) is 11.3. The molecule has 0 radical (unpaired) electrons. The van der Waals surface area contributed by atoms with E-state index >= 15 is 0 Å². The molecule has 0 amide bonds. The third-order valence-electron chi connectivity index (χ3n) is 0.392. The van der Waals surface area contributed by atoms with Crippen LogP contribution in [0.5, 0.6) is 0 Å². The maximum Gasteiger partial charge on any atom is 0.424 e. The highest BCUT2D eigenvalue weighted by Crippen LogP contribution is 2.76. The fraction of sp³-hybridized carbons (Fsp3) is 0. The highest BCUT2D eigenvalue weighted by atomic mass is 36.1. The average molecular weight is 350 g/mol. The lowest BCUT2D eigenvalue weighted by Crippen LogP contribution is -1.74. The van der Waals surface area contributed by atoms with Crippen LogP contribution in [0, 0.1) is 0 Å². The van der Waals surface area contributed by atoms with Crippen LogP contribution in [0.4, 0.5) is 0 Å². The normalized spacial score (nSPS) is 14.8. The summed E-state index contributed by atoms with van der Waals surface area (Å²) in [6, 6.07) is 0. The highest BCUT2D eigenvalue weighted by molar-refractivity contribution is 8.32. The van der Waals surface area contributed by atoms with Crippen LogP contribution in [0.1, 0.15) is 0 Å². The van der Waals surface area contributed by atoms with Crippen LogP contribution >= 0.6 is 89.6 Å². The summed E-state index contributed by atoms with van der Waals surface area (Å²) in [5.41, 5.74) is -2.94. The standard InChI is InChI=1S/CCl7N2P2/c2-1(9-11(3,4)5)10-12(6,7)8/q+1/b9-1-. The first kappa shape index (κ1) is 14.4.